The Morgan fingerprint density at radius 1 is 1.43 bits per heavy atom. The fourth-order valence-corrected chi connectivity index (χ4v) is 2.45. The number of carbonyl (C=O) groups is 1. The van der Waals surface area contributed by atoms with E-state index in [2.05, 4.69) is 0 Å². The highest BCUT2D eigenvalue weighted by atomic mass is 35.5. The maximum absolute atomic E-state index is 11.1. The molecular weight excluding hydrogens is 222 g/mol. The van der Waals surface area contributed by atoms with Crippen LogP contribution in [0.1, 0.15) is 10.9 Å². The fourth-order valence-electron chi connectivity index (χ4n) is 1.28. The molecule has 0 unspecified atom stereocenters. The van der Waals surface area contributed by atoms with Crippen molar-refractivity contribution in [3.8, 4) is 0 Å². The van der Waals surface area contributed by atoms with Crippen LogP contribution in [0.15, 0.2) is 24.3 Å². The lowest BCUT2D eigenvalue weighted by Crippen LogP contribution is -2.23. The molecular formula is C9H8ClNO2S. The lowest BCUT2D eigenvalue weighted by Gasteiger charge is -2.16. The number of halogens is 1. The van der Waals surface area contributed by atoms with Crippen LogP contribution in [0.5, 0.6) is 0 Å². The third-order valence-corrected chi connectivity index (χ3v) is 3.45. The average Bonchev–Trinajstić information content (AvgIpc) is 2.50. The van der Waals surface area contributed by atoms with Gasteiger partial charge in [-0.3, -0.25) is 10.0 Å². The number of benzene rings is 1. The summed E-state index contributed by atoms with van der Waals surface area (Å²) in [4.78, 5) is 11.1. The zero-order valence-corrected chi connectivity index (χ0v) is 8.76. The van der Waals surface area contributed by atoms with Gasteiger partial charge in [0.1, 0.15) is 5.37 Å². The second-order valence-corrected chi connectivity index (χ2v) is 4.46. The van der Waals surface area contributed by atoms with E-state index < -0.39 is 0 Å². The van der Waals surface area contributed by atoms with Gasteiger partial charge in [0, 0.05) is 5.02 Å². The molecule has 1 fully saturated rings. The van der Waals surface area contributed by atoms with Crippen LogP contribution in [-0.2, 0) is 4.79 Å². The highest BCUT2D eigenvalue weighted by Crippen LogP contribution is 2.37. The van der Waals surface area contributed by atoms with Crippen molar-refractivity contribution in [3.63, 3.8) is 0 Å². The number of amides is 1. The van der Waals surface area contributed by atoms with Gasteiger partial charge < -0.3 is 0 Å². The molecule has 1 N–H and O–H groups in total. The Labute approximate surface area is 90.6 Å². The van der Waals surface area contributed by atoms with E-state index in [1.807, 2.05) is 12.1 Å². The van der Waals surface area contributed by atoms with Gasteiger partial charge in [-0.25, -0.2) is 5.06 Å². The van der Waals surface area contributed by atoms with Gasteiger partial charge in [-0.1, -0.05) is 23.7 Å². The predicted octanol–water partition coefficient (Wildman–Crippen LogP) is 2.30. The standard InChI is InChI=1S/C9H8ClNO2S/c10-7-3-1-6(2-4-7)9-11(13)8(12)5-14-9/h1-4,9,13H,5H2/t9-/m1/s1. The summed E-state index contributed by atoms with van der Waals surface area (Å²) in [6, 6.07) is 7.10. The molecule has 1 aliphatic rings. The van der Waals surface area contributed by atoms with Crippen LogP contribution in [0.3, 0.4) is 0 Å². The Morgan fingerprint density at radius 2 is 2.07 bits per heavy atom. The third-order valence-electron chi connectivity index (χ3n) is 2.00. The number of hydroxylamine groups is 2. The zero-order chi connectivity index (χ0) is 10.1. The molecule has 1 aromatic rings. The Hall–Kier alpha value is -0.710. The molecule has 1 heterocycles. The zero-order valence-electron chi connectivity index (χ0n) is 7.18. The summed E-state index contributed by atoms with van der Waals surface area (Å²) in [5, 5.41) is 10.5. The first kappa shape index (κ1) is 9.83. The van der Waals surface area contributed by atoms with E-state index in [4.69, 9.17) is 11.6 Å². The molecule has 1 atom stereocenters. The summed E-state index contributed by atoms with van der Waals surface area (Å²) in [5.74, 6) is 0.0685. The van der Waals surface area contributed by atoms with E-state index in [0.29, 0.717) is 10.8 Å². The molecule has 1 saturated heterocycles. The predicted molar refractivity (Wildman–Crippen MR) is 55.3 cm³/mol. The maximum Gasteiger partial charge on any atom is 0.257 e. The molecule has 3 nitrogen and oxygen atoms in total. The summed E-state index contributed by atoms with van der Waals surface area (Å²) in [7, 11) is 0. The molecule has 0 spiro atoms. The fraction of sp³-hybridized carbons (Fsp3) is 0.222. The van der Waals surface area contributed by atoms with Crippen molar-refractivity contribution in [2.45, 2.75) is 5.37 Å². The first-order chi connectivity index (χ1) is 6.68. The molecule has 1 aromatic carbocycles. The topological polar surface area (TPSA) is 40.5 Å². The normalized spacial score (nSPS) is 21.7. The van der Waals surface area contributed by atoms with Gasteiger partial charge in [0.2, 0.25) is 0 Å². The molecule has 0 saturated carbocycles. The number of hydrogen-bond acceptors (Lipinski definition) is 3. The average molecular weight is 230 g/mol. The van der Waals surface area contributed by atoms with E-state index in [1.165, 1.54) is 11.8 Å². The van der Waals surface area contributed by atoms with Gasteiger partial charge in [-0.05, 0) is 17.7 Å². The minimum absolute atomic E-state index is 0.255. The molecule has 0 aliphatic carbocycles. The largest absolute Gasteiger partial charge is 0.284 e. The molecule has 74 valence electrons. The highest BCUT2D eigenvalue weighted by molar-refractivity contribution is 8.00. The van der Waals surface area contributed by atoms with Crippen LogP contribution < -0.4 is 0 Å². The SMILES string of the molecule is O=C1CS[C@H](c2ccc(Cl)cc2)N1O. The third kappa shape index (κ3) is 1.73. The van der Waals surface area contributed by atoms with Gasteiger partial charge in [0.25, 0.3) is 5.91 Å². The number of rotatable bonds is 1. The highest BCUT2D eigenvalue weighted by Gasteiger charge is 2.31. The van der Waals surface area contributed by atoms with Crippen LogP contribution >= 0.6 is 23.4 Å². The van der Waals surface area contributed by atoms with Crippen LogP contribution in [0.25, 0.3) is 0 Å². The van der Waals surface area contributed by atoms with Crippen molar-refractivity contribution in [1.29, 1.82) is 0 Å². The second-order valence-electron chi connectivity index (χ2n) is 2.95. The van der Waals surface area contributed by atoms with E-state index in [0.717, 1.165) is 10.6 Å². The van der Waals surface area contributed by atoms with Gasteiger partial charge >= 0.3 is 0 Å². The van der Waals surface area contributed by atoms with Crippen molar-refractivity contribution >= 4 is 29.3 Å². The maximum atomic E-state index is 11.1. The summed E-state index contributed by atoms with van der Waals surface area (Å²) >= 11 is 7.13. The number of thioether (sulfide) groups is 1. The number of nitrogens with zero attached hydrogens (tertiary/aromatic N) is 1. The Bertz CT molecular complexity index is 354. The Morgan fingerprint density at radius 3 is 2.57 bits per heavy atom. The number of carbonyl (C=O) groups excluding carboxylic acids is 1. The molecule has 5 heteroatoms. The van der Waals surface area contributed by atoms with E-state index in [1.54, 1.807) is 12.1 Å². The summed E-state index contributed by atoms with van der Waals surface area (Å²) < 4.78 is 0. The van der Waals surface area contributed by atoms with Crippen molar-refractivity contribution in [2.75, 3.05) is 5.75 Å². The van der Waals surface area contributed by atoms with Crippen LogP contribution in [-0.4, -0.2) is 21.9 Å². The van der Waals surface area contributed by atoms with E-state index >= 15 is 0 Å². The van der Waals surface area contributed by atoms with Crippen molar-refractivity contribution < 1.29 is 10.0 Å². The van der Waals surface area contributed by atoms with Gasteiger partial charge in [-0.15, -0.1) is 11.8 Å². The Kier molecular flexibility index (Phi) is 2.67. The van der Waals surface area contributed by atoms with Crippen LogP contribution in [0, 0.1) is 0 Å². The molecule has 0 aromatic heterocycles. The van der Waals surface area contributed by atoms with E-state index in [9.17, 15) is 10.0 Å². The van der Waals surface area contributed by atoms with Gasteiger partial charge in [0.15, 0.2) is 0 Å². The van der Waals surface area contributed by atoms with Crippen LogP contribution in [0.4, 0.5) is 0 Å². The summed E-state index contributed by atoms with van der Waals surface area (Å²) in [6.45, 7) is 0. The molecule has 0 radical (unpaired) electrons. The molecule has 1 aliphatic heterocycles. The number of hydrogen-bond donors (Lipinski definition) is 1. The van der Waals surface area contributed by atoms with Crippen molar-refractivity contribution in [1.82, 2.24) is 5.06 Å². The minimum atomic E-state index is -0.292. The van der Waals surface area contributed by atoms with Crippen molar-refractivity contribution in [3.05, 3.63) is 34.9 Å². The lowest BCUT2D eigenvalue weighted by atomic mass is 10.2. The smallest absolute Gasteiger partial charge is 0.257 e. The second kappa shape index (κ2) is 3.81. The Balaban J connectivity index is 2.23. The van der Waals surface area contributed by atoms with Crippen molar-refractivity contribution in [2.24, 2.45) is 0 Å². The summed E-state index contributed by atoms with van der Waals surface area (Å²) in [5.41, 5.74) is 0.882. The molecule has 14 heavy (non-hydrogen) atoms. The summed E-state index contributed by atoms with van der Waals surface area (Å²) in [6.07, 6.45) is 0. The monoisotopic (exact) mass is 229 g/mol. The van der Waals surface area contributed by atoms with E-state index in [-0.39, 0.29) is 11.3 Å². The lowest BCUT2D eigenvalue weighted by molar-refractivity contribution is -0.162. The van der Waals surface area contributed by atoms with Gasteiger partial charge in [0.05, 0.1) is 5.75 Å². The minimum Gasteiger partial charge on any atom is -0.284 e. The van der Waals surface area contributed by atoms with Gasteiger partial charge in [-0.2, -0.15) is 0 Å². The molecule has 0 bridgehead atoms. The van der Waals surface area contributed by atoms with Crippen LogP contribution in [0.2, 0.25) is 5.02 Å². The first-order valence-corrected chi connectivity index (χ1v) is 5.49. The quantitative estimate of drug-likeness (QED) is 0.752. The molecule has 1 amide bonds. The first-order valence-electron chi connectivity index (χ1n) is 4.06. The molecule has 2 rings (SSSR count).